The molecule has 0 spiro atoms. The van der Waals surface area contributed by atoms with Crippen LogP contribution in [0.1, 0.15) is 35.1 Å². The molecule has 1 N–H and O–H groups in total. The van der Waals surface area contributed by atoms with Crippen LogP contribution in [0.15, 0.2) is 29.6 Å². The number of aromatic nitrogens is 2. The van der Waals surface area contributed by atoms with Crippen LogP contribution in [0.25, 0.3) is 4.96 Å². The molecule has 0 amide bonds. The SMILES string of the molecule is CCc1ccc(CNCc2c(C)nc3scc(C)n23)cc1. The second kappa shape index (κ2) is 6.00. The number of hydrogen-bond donors (Lipinski definition) is 1. The molecule has 2 heterocycles. The summed E-state index contributed by atoms with van der Waals surface area (Å²) in [5, 5.41) is 5.70. The zero-order chi connectivity index (χ0) is 14.8. The normalized spacial score (nSPS) is 11.4. The van der Waals surface area contributed by atoms with E-state index in [1.165, 1.54) is 22.5 Å². The van der Waals surface area contributed by atoms with Crippen LogP contribution < -0.4 is 5.32 Å². The van der Waals surface area contributed by atoms with Gasteiger partial charge in [-0.2, -0.15) is 0 Å². The molecule has 3 rings (SSSR count). The van der Waals surface area contributed by atoms with Gasteiger partial charge in [0.05, 0.1) is 11.4 Å². The van der Waals surface area contributed by atoms with Crippen molar-refractivity contribution >= 4 is 16.3 Å². The molecule has 3 nitrogen and oxygen atoms in total. The van der Waals surface area contributed by atoms with Crippen LogP contribution in [0.2, 0.25) is 0 Å². The van der Waals surface area contributed by atoms with Gasteiger partial charge in [-0.25, -0.2) is 4.98 Å². The first kappa shape index (κ1) is 14.3. The molecule has 1 aromatic carbocycles. The summed E-state index contributed by atoms with van der Waals surface area (Å²) >= 11 is 1.71. The summed E-state index contributed by atoms with van der Waals surface area (Å²) in [6.07, 6.45) is 1.10. The lowest BCUT2D eigenvalue weighted by Gasteiger charge is -2.07. The van der Waals surface area contributed by atoms with E-state index in [1.54, 1.807) is 11.3 Å². The first-order valence-electron chi connectivity index (χ1n) is 7.39. The molecular formula is C17H21N3S. The number of aryl methyl sites for hydroxylation is 3. The highest BCUT2D eigenvalue weighted by Crippen LogP contribution is 2.20. The topological polar surface area (TPSA) is 29.3 Å². The van der Waals surface area contributed by atoms with Gasteiger partial charge in [-0.15, -0.1) is 11.3 Å². The van der Waals surface area contributed by atoms with Crippen LogP contribution in [0, 0.1) is 13.8 Å². The highest BCUT2D eigenvalue weighted by molar-refractivity contribution is 7.15. The van der Waals surface area contributed by atoms with E-state index < -0.39 is 0 Å². The van der Waals surface area contributed by atoms with E-state index in [0.29, 0.717) is 0 Å². The summed E-state index contributed by atoms with van der Waals surface area (Å²) in [4.78, 5) is 5.72. The van der Waals surface area contributed by atoms with Crippen LogP contribution in [0.5, 0.6) is 0 Å². The van der Waals surface area contributed by atoms with Gasteiger partial charge in [-0.1, -0.05) is 31.2 Å². The number of imidazole rings is 1. The Morgan fingerprint density at radius 1 is 1.10 bits per heavy atom. The van der Waals surface area contributed by atoms with E-state index >= 15 is 0 Å². The zero-order valence-corrected chi connectivity index (χ0v) is 13.6. The number of fused-ring (bicyclic) bond motifs is 1. The predicted octanol–water partition coefficient (Wildman–Crippen LogP) is 3.86. The average Bonchev–Trinajstić information content (AvgIpc) is 3.00. The number of benzene rings is 1. The van der Waals surface area contributed by atoms with Crippen molar-refractivity contribution in [2.24, 2.45) is 0 Å². The average molecular weight is 299 g/mol. The monoisotopic (exact) mass is 299 g/mol. The van der Waals surface area contributed by atoms with E-state index in [9.17, 15) is 0 Å². The minimum Gasteiger partial charge on any atom is -0.307 e. The fourth-order valence-corrected chi connectivity index (χ4v) is 3.52. The fourth-order valence-electron chi connectivity index (χ4n) is 2.59. The Bertz CT molecular complexity index is 737. The van der Waals surface area contributed by atoms with Crippen molar-refractivity contribution in [1.82, 2.24) is 14.7 Å². The lowest BCUT2D eigenvalue weighted by Crippen LogP contribution is -2.15. The quantitative estimate of drug-likeness (QED) is 0.775. The molecule has 21 heavy (non-hydrogen) atoms. The molecule has 0 aliphatic heterocycles. The number of thiazole rings is 1. The van der Waals surface area contributed by atoms with Gasteiger partial charge in [-0.05, 0) is 31.4 Å². The summed E-state index contributed by atoms with van der Waals surface area (Å²) in [6, 6.07) is 8.84. The van der Waals surface area contributed by atoms with Gasteiger partial charge >= 0.3 is 0 Å². The van der Waals surface area contributed by atoms with Crippen molar-refractivity contribution in [3.63, 3.8) is 0 Å². The first-order chi connectivity index (χ1) is 10.2. The summed E-state index contributed by atoms with van der Waals surface area (Å²) in [7, 11) is 0. The van der Waals surface area contributed by atoms with Crippen molar-refractivity contribution in [1.29, 1.82) is 0 Å². The molecule has 0 aliphatic rings. The largest absolute Gasteiger partial charge is 0.307 e. The molecule has 0 fully saturated rings. The fraction of sp³-hybridized carbons (Fsp3) is 0.353. The number of nitrogens with zero attached hydrogens (tertiary/aromatic N) is 2. The van der Waals surface area contributed by atoms with Gasteiger partial charge in [0, 0.05) is 24.2 Å². The van der Waals surface area contributed by atoms with Crippen LogP contribution in [-0.2, 0) is 19.5 Å². The summed E-state index contributed by atoms with van der Waals surface area (Å²) < 4.78 is 2.26. The lowest BCUT2D eigenvalue weighted by molar-refractivity contribution is 0.670. The molecule has 0 unspecified atom stereocenters. The Kier molecular flexibility index (Phi) is 4.08. The van der Waals surface area contributed by atoms with Crippen molar-refractivity contribution in [2.75, 3.05) is 0 Å². The molecule has 2 aromatic heterocycles. The maximum atomic E-state index is 4.62. The highest BCUT2D eigenvalue weighted by atomic mass is 32.1. The molecule has 0 aliphatic carbocycles. The van der Waals surface area contributed by atoms with Crippen molar-refractivity contribution in [3.8, 4) is 0 Å². The third kappa shape index (κ3) is 2.87. The van der Waals surface area contributed by atoms with Gasteiger partial charge in [-0.3, -0.25) is 4.40 Å². The molecular weight excluding hydrogens is 278 g/mol. The standard InChI is InChI=1S/C17H21N3S/c1-4-14-5-7-15(8-6-14)9-18-10-16-13(3)19-17-20(16)12(2)11-21-17/h5-8,11,18H,4,9-10H2,1-3H3. The van der Waals surface area contributed by atoms with Gasteiger partial charge in [0.25, 0.3) is 0 Å². The molecule has 0 saturated carbocycles. The van der Waals surface area contributed by atoms with E-state index in [2.05, 4.69) is 65.1 Å². The molecule has 0 atom stereocenters. The number of rotatable bonds is 5. The second-order valence-corrected chi connectivity index (χ2v) is 6.25. The summed E-state index contributed by atoms with van der Waals surface area (Å²) in [6.45, 7) is 8.15. The second-order valence-electron chi connectivity index (χ2n) is 5.41. The Hall–Kier alpha value is -1.65. The third-order valence-corrected chi connectivity index (χ3v) is 4.83. The maximum absolute atomic E-state index is 4.62. The highest BCUT2D eigenvalue weighted by Gasteiger charge is 2.11. The molecule has 4 heteroatoms. The summed E-state index contributed by atoms with van der Waals surface area (Å²) in [5.74, 6) is 0. The molecule has 0 radical (unpaired) electrons. The van der Waals surface area contributed by atoms with E-state index in [1.807, 2.05) is 0 Å². The summed E-state index contributed by atoms with van der Waals surface area (Å²) in [5.41, 5.74) is 6.38. The Morgan fingerprint density at radius 3 is 2.52 bits per heavy atom. The van der Waals surface area contributed by atoms with Crippen molar-refractivity contribution in [2.45, 2.75) is 40.3 Å². The minimum atomic E-state index is 0.847. The maximum Gasteiger partial charge on any atom is 0.194 e. The van der Waals surface area contributed by atoms with Crippen LogP contribution in [0.3, 0.4) is 0 Å². The first-order valence-corrected chi connectivity index (χ1v) is 8.27. The van der Waals surface area contributed by atoms with E-state index in [4.69, 9.17) is 0 Å². The predicted molar refractivity (Wildman–Crippen MR) is 88.9 cm³/mol. The number of nitrogens with one attached hydrogen (secondary N) is 1. The van der Waals surface area contributed by atoms with Gasteiger partial charge < -0.3 is 5.32 Å². The smallest absolute Gasteiger partial charge is 0.194 e. The van der Waals surface area contributed by atoms with Gasteiger partial charge in [0.15, 0.2) is 4.96 Å². The van der Waals surface area contributed by atoms with Crippen LogP contribution >= 0.6 is 11.3 Å². The zero-order valence-electron chi connectivity index (χ0n) is 12.8. The van der Waals surface area contributed by atoms with E-state index in [-0.39, 0.29) is 0 Å². The Balaban J connectivity index is 1.68. The molecule has 0 bridgehead atoms. The lowest BCUT2D eigenvalue weighted by atomic mass is 10.1. The Morgan fingerprint density at radius 2 is 1.81 bits per heavy atom. The third-order valence-electron chi connectivity index (χ3n) is 3.88. The van der Waals surface area contributed by atoms with Gasteiger partial charge in [0.1, 0.15) is 0 Å². The Labute approximate surface area is 129 Å². The molecule has 110 valence electrons. The van der Waals surface area contributed by atoms with Crippen LogP contribution in [0.4, 0.5) is 0 Å². The van der Waals surface area contributed by atoms with E-state index in [0.717, 1.165) is 30.2 Å². The van der Waals surface area contributed by atoms with Crippen LogP contribution in [-0.4, -0.2) is 9.38 Å². The molecule has 3 aromatic rings. The number of hydrogen-bond acceptors (Lipinski definition) is 3. The van der Waals surface area contributed by atoms with Gasteiger partial charge in [0.2, 0.25) is 0 Å². The van der Waals surface area contributed by atoms with Crippen molar-refractivity contribution in [3.05, 3.63) is 57.9 Å². The molecule has 0 saturated heterocycles. The minimum absolute atomic E-state index is 0.847. The van der Waals surface area contributed by atoms with Crippen molar-refractivity contribution < 1.29 is 0 Å².